The van der Waals surface area contributed by atoms with Gasteiger partial charge in [0, 0.05) is 13.6 Å². The lowest BCUT2D eigenvalue weighted by Crippen LogP contribution is -2.49. The predicted molar refractivity (Wildman–Crippen MR) is 60.5 cm³/mol. The summed E-state index contributed by atoms with van der Waals surface area (Å²) in [5.41, 5.74) is -0.425. The molecular weight excluding hydrogens is 190 g/mol. The van der Waals surface area contributed by atoms with Crippen molar-refractivity contribution in [3.8, 4) is 0 Å². The van der Waals surface area contributed by atoms with E-state index in [1.54, 1.807) is 4.90 Å². The molecule has 0 aromatic carbocycles. The van der Waals surface area contributed by atoms with Crippen molar-refractivity contribution in [2.75, 3.05) is 20.2 Å². The van der Waals surface area contributed by atoms with Gasteiger partial charge in [-0.2, -0.15) is 0 Å². The van der Waals surface area contributed by atoms with Gasteiger partial charge in [0.15, 0.2) is 0 Å². The molecule has 0 aromatic rings. The molecule has 0 radical (unpaired) electrons. The van der Waals surface area contributed by atoms with E-state index in [0.29, 0.717) is 5.92 Å². The molecule has 1 N–H and O–H groups in total. The first-order chi connectivity index (χ1) is 7.02. The fourth-order valence-corrected chi connectivity index (χ4v) is 2.00. The number of carbonyl (C=O) groups is 1. The van der Waals surface area contributed by atoms with Gasteiger partial charge in [-0.1, -0.05) is 20.3 Å². The number of hydrogen-bond acceptors (Lipinski definition) is 2. The Hall–Kier alpha value is -0.570. The van der Waals surface area contributed by atoms with Crippen molar-refractivity contribution in [2.45, 2.75) is 39.5 Å². The first-order valence-electron chi connectivity index (χ1n) is 5.88. The second-order valence-electron chi connectivity index (χ2n) is 5.20. The lowest BCUT2D eigenvalue weighted by molar-refractivity contribution is -0.149. The van der Waals surface area contributed by atoms with E-state index in [0.717, 1.165) is 32.2 Å². The highest BCUT2D eigenvalue weighted by Gasteiger charge is 2.44. The largest absolute Gasteiger partial charge is 0.395 e. The van der Waals surface area contributed by atoms with Crippen molar-refractivity contribution in [3.63, 3.8) is 0 Å². The summed E-state index contributed by atoms with van der Waals surface area (Å²) in [6.07, 6.45) is 3.82. The summed E-state index contributed by atoms with van der Waals surface area (Å²) >= 11 is 0. The van der Waals surface area contributed by atoms with Gasteiger partial charge in [-0.25, -0.2) is 0 Å². The normalized spacial score (nSPS) is 18.7. The number of carbonyl (C=O) groups excluding carboxylic acids is 1. The van der Waals surface area contributed by atoms with Gasteiger partial charge in [-0.3, -0.25) is 4.79 Å². The molecule has 3 heteroatoms. The quantitative estimate of drug-likeness (QED) is 0.754. The Balaban J connectivity index is 2.44. The van der Waals surface area contributed by atoms with E-state index in [-0.39, 0.29) is 12.5 Å². The Morgan fingerprint density at radius 1 is 1.47 bits per heavy atom. The van der Waals surface area contributed by atoms with Crippen molar-refractivity contribution in [1.82, 2.24) is 4.90 Å². The van der Waals surface area contributed by atoms with Gasteiger partial charge in [0.05, 0.1) is 12.0 Å². The number of aliphatic hydroxyl groups is 1. The zero-order valence-electron chi connectivity index (χ0n) is 10.1. The monoisotopic (exact) mass is 213 g/mol. The highest BCUT2D eigenvalue weighted by atomic mass is 16.3. The molecule has 1 amide bonds. The fourth-order valence-electron chi connectivity index (χ4n) is 2.00. The van der Waals surface area contributed by atoms with Gasteiger partial charge in [0.1, 0.15) is 0 Å². The Bertz CT molecular complexity index is 216. The lowest BCUT2D eigenvalue weighted by Gasteiger charge is -2.41. The average molecular weight is 213 g/mol. The summed E-state index contributed by atoms with van der Waals surface area (Å²) in [7, 11) is 1.85. The van der Waals surface area contributed by atoms with Gasteiger partial charge >= 0.3 is 0 Å². The van der Waals surface area contributed by atoms with Crippen LogP contribution in [0.5, 0.6) is 0 Å². The molecule has 1 fully saturated rings. The van der Waals surface area contributed by atoms with E-state index >= 15 is 0 Å². The van der Waals surface area contributed by atoms with E-state index < -0.39 is 5.41 Å². The van der Waals surface area contributed by atoms with Crippen molar-refractivity contribution in [2.24, 2.45) is 11.3 Å². The smallest absolute Gasteiger partial charge is 0.230 e. The number of aliphatic hydroxyl groups excluding tert-OH is 1. The van der Waals surface area contributed by atoms with Crippen LogP contribution in [0.2, 0.25) is 0 Å². The molecule has 3 nitrogen and oxygen atoms in total. The molecule has 0 saturated heterocycles. The van der Waals surface area contributed by atoms with Gasteiger partial charge in [0.25, 0.3) is 0 Å². The molecule has 88 valence electrons. The van der Waals surface area contributed by atoms with Crippen LogP contribution in [0.25, 0.3) is 0 Å². The molecule has 15 heavy (non-hydrogen) atoms. The second kappa shape index (κ2) is 4.97. The SMILES string of the molecule is CC(C)CCN(C)C(=O)C1(CO)CCC1. The van der Waals surface area contributed by atoms with Crippen LogP contribution < -0.4 is 0 Å². The van der Waals surface area contributed by atoms with Crippen LogP contribution in [0, 0.1) is 11.3 Å². The minimum atomic E-state index is -0.425. The highest BCUT2D eigenvalue weighted by molar-refractivity contribution is 5.83. The van der Waals surface area contributed by atoms with Crippen LogP contribution >= 0.6 is 0 Å². The topological polar surface area (TPSA) is 40.5 Å². The summed E-state index contributed by atoms with van der Waals surface area (Å²) in [5.74, 6) is 0.753. The molecular formula is C12H23NO2. The van der Waals surface area contributed by atoms with Crippen molar-refractivity contribution >= 4 is 5.91 Å². The summed E-state index contributed by atoms with van der Waals surface area (Å²) in [6.45, 7) is 5.13. The summed E-state index contributed by atoms with van der Waals surface area (Å²) in [5, 5.41) is 9.29. The molecule has 0 aromatic heterocycles. The number of rotatable bonds is 5. The maximum absolute atomic E-state index is 12.1. The Labute approximate surface area is 92.5 Å². The van der Waals surface area contributed by atoms with E-state index in [1.807, 2.05) is 7.05 Å². The van der Waals surface area contributed by atoms with Gasteiger partial charge in [0.2, 0.25) is 5.91 Å². The molecule has 0 unspecified atom stereocenters. The standard InChI is InChI=1S/C12H23NO2/c1-10(2)5-8-13(3)11(15)12(9-14)6-4-7-12/h10,14H,4-9H2,1-3H3. The molecule has 1 rings (SSSR count). The van der Waals surface area contributed by atoms with E-state index in [2.05, 4.69) is 13.8 Å². The third-order valence-electron chi connectivity index (χ3n) is 3.46. The Kier molecular flexibility index (Phi) is 4.14. The maximum Gasteiger partial charge on any atom is 0.230 e. The minimum Gasteiger partial charge on any atom is -0.395 e. The molecule has 0 spiro atoms. The zero-order valence-corrected chi connectivity index (χ0v) is 10.1. The van der Waals surface area contributed by atoms with Crippen molar-refractivity contribution in [1.29, 1.82) is 0 Å². The van der Waals surface area contributed by atoms with Crippen LogP contribution in [0.3, 0.4) is 0 Å². The number of hydrogen-bond donors (Lipinski definition) is 1. The van der Waals surface area contributed by atoms with Crippen molar-refractivity contribution < 1.29 is 9.90 Å². The third kappa shape index (κ3) is 2.71. The number of amides is 1. The Morgan fingerprint density at radius 2 is 2.07 bits per heavy atom. The van der Waals surface area contributed by atoms with Crippen LogP contribution in [0.1, 0.15) is 39.5 Å². The molecule has 0 heterocycles. The van der Waals surface area contributed by atoms with Crippen molar-refractivity contribution in [3.05, 3.63) is 0 Å². The van der Waals surface area contributed by atoms with E-state index in [9.17, 15) is 9.90 Å². The third-order valence-corrected chi connectivity index (χ3v) is 3.46. The molecule has 1 aliphatic carbocycles. The first-order valence-corrected chi connectivity index (χ1v) is 5.88. The van der Waals surface area contributed by atoms with Gasteiger partial charge in [-0.15, -0.1) is 0 Å². The molecule has 1 saturated carbocycles. The summed E-state index contributed by atoms with van der Waals surface area (Å²) < 4.78 is 0. The maximum atomic E-state index is 12.1. The van der Waals surface area contributed by atoms with Gasteiger partial charge in [-0.05, 0) is 25.2 Å². The molecule has 1 aliphatic rings. The molecule has 0 bridgehead atoms. The van der Waals surface area contributed by atoms with E-state index in [1.165, 1.54) is 0 Å². The van der Waals surface area contributed by atoms with Crippen LogP contribution in [0.15, 0.2) is 0 Å². The summed E-state index contributed by atoms with van der Waals surface area (Å²) in [4.78, 5) is 13.8. The second-order valence-corrected chi connectivity index (χ2v) is 5.20. The minimum absolute atomic E-state index is 0.0118. The average Bonchev–Trinajstić information content (AvgIpc) is 2.13. The zero-order chi connectivity index (χ0) is 11.5. The van der Waals surface area contributed by atoms with E-state index in [4.69, 9.17) is 0 Å². The molecule has 0 atom stereocenters. The summed E-state index contributed by atoms with van der Waals surface area (Å²) in [6, 6.07) is 0. The predicted octanol–water partition coefficient (Wildman–Crippen LogP) is 1.65. The lowest BCUT2D eigenvalue weighted by atomic mass is 9.68. The number of nitrogens with zero attached hydrogens (tertiary/aromatic N) is 1. The van der Waals surface area contributed by atoms with Gasteiger partial charge < -0.3 is 10.0 Å². The van der Waals surface area contributed by atoms with Crippen LogP contribution in [-0.4, -0.2) is 36.1 Å². The van der Waals surface area contributed by atoms with Crippen LogP contribution in [-0.2, 0) is 4.79 Å². The molecule has 0 aliphatic heterocycles. The van der Waals surface area contributed by atoms with Crippen LogP contribution in [0.4, 0.5) is 0 Å². The fraction of sp³-hybridized carbons (Fsp3) is 0.917. The highest BCUT2D eigenvalue weighted by Crippen LogP contribution is 2.41. The Morgan fingerprint density at radius 3 is 2.40 bits per heavy atom. The first kappa shape index (κ1) is 12.5.